The Morgan fingerprint density at radius 2 is 1.64 bits per heavy atom. The monoisotopic (exact) mass is 303 g/mol. The number of ketones is 1. The number of nitrogens with zero attached hydrogens (tertiary/aromatic N) is 1. The van der Waals surface area contributed by atoms with Gasteiger partial charge < -0.3 is 4.74 Å². The number of piperidine rings is 1. The summed E-state index contributed by atoms with van der Waals surface area (Å²) >= 11 is 0. The minimum atomic E-state index is -0.504. The number of carbonyl (C=O) groups is 2. The van der Waals surface area contributed by atoms with E-state index in [2.05, 4.69) is 24.3 Å². The molecule has 0 aromatic heterocycles. The number of Topliss-reactive ketones (excluding diaryl/α,β-unsaturated/α-hetero) is 1. The summed E-state index contributed by atoms with van der Waals surface area (Å²) in [6, 6.07) is 8.19. The highest BCUT2D eigenvalue weighted by Gasteiger charge is 2.32. The van der Waals surface area contributed by atoms with E-state index in [4.69, 9.17) is 4.74 Å². The van der Waals surface area contributed by atoms with E-state index in [-0.39, 0.29) is 17.9 Å². The Kier molecular flexibility index (Phi) is 4.89. The number of likely N-dealkylation sites (tertiary alicyclic amines) is 1. The molecule has 4 nitrogen and oxygen atoms in total. The molecule has 0 aromatic rings. The SMILES string of the molecule is CC(=O)C1CCCCN1C(=O)OC(C)(C)C.c1cc2ccc1-2. The maximum absolute atomic E-state index is 11.9. The van der Waals surface area contributed by atoms with Crippen molar-refractivity contribution >= 4 is 11.9 Å². The Balaban J connectivity index is 0.000000238. The molecule has 0 spiro atoms. The van der Waals surface area contributed by atoms with Gasteiger partial charge in [0.2, 0.25) is 0 Å². The van der Waals surface area contributed by atoms with E-state index in [1.807, 2.05) is 20.8 Å². The lowest BCUT2D eigenvalue weighted by atomic mass is 9.95. The van der Waals surface area contributed by atoms with Crippen molar-refractivity contribution in [3.8, 4) is 11.1 Å². The second-order valence-corrected chi connectivity index (χ2v) is 6.87. The highest BCUT2D eigenvalue weighted by Crippen LogP contribution is 2.29. The average Bonchev–Trinajstić information content (AvgIpc) is 2.41. The third-order valence-corrected chi connectivity index (χ3v) is 3.82. The van der Waals surface area contributed by atoms with Crippen molar-refractivity contribution in [1.29, 1.82) is 0 Å². The van der Waals surface area contributed by atoms with Crippen LogP contribution in [0.3, 0.4) is 0 Å². The van der Waals surface area contributed by atoms with Gasteiger partial charge in [0, 0.05) is 6.54 Å². The fourth-order valence-electron chi connectivity index (χ4n) is 2.56. The van der Waals surface area contributed by atoms with E-state index >= 15 is 0 Å². The molecule has 2 aliphatic carbocycles. The smallest absolute Gasteiger partial charge is 0.410 e. The summed E-state index contributed by atoms with van der Waals surface area (Å²) in [6.45, 7) is 7.65. The molecule has 0 saturated carbocycles. The van der Waals surface area contributed by atoms with Crippen molar-refractivity contribution in [1.82, 2.24) is 4.90 Å². The van der Waals surface area contributed by atoms with E-state index in [0.717, 1.165) is 19.3 Å². The van der Waals surface area contributed by atoms with Crippen LogP contribution in [0.5, 0.6) is 0 Å². The van der Waals surface area contributed by atoms with Gasteiger partial charge in [0.15, 0.2) is 5.78 Å². The Labute approximate surface area is 132 Å². The molecule has 1 amide bonds. The van der Waals surface area contributed by atoms with Gasteiger partial charge in [0.05, 0.1) is 6.04 Å². The lowest BCUT2D eigenvalue weighted by Gasteiger charge is -2.35. The van der Waals surface area contributed by atoms with E-state index in [1.54, 1.807) is 4.90 Å². The normalized spacial score (nSPS) is 18.9. The van der Waals surface area contributed by atoms with Crippen molar-refractivity contribution in [2.24, 2.45) is 0 Å². The second kappa shape index (κ2) is 6.51. The highest BCUT2D eigenvalue weighted by atomic mass is 16.6. The van der Waals surface area contributed by atoms with E-state index in [9.17, 15) is 9.59 Å². The zero-order valence-electron chi connectivity index (χ0n) is 13.9. The van der Waals surface area contributed by atoms with Gasteiger partial charge in [0.1, 0.15) is 5.60 Å². The summed E-state index contributed by atoms with van der Waals surface area (Å²) in [6.07, 6.45) is 2.34. The Bertz CT molecular complexity index is 521. The summed E-state index contributed by atoms with van der Waals surface area (Å²) in [5.41, 5.74) is 2.35. The predicted octanol–water partition coefficient (Wildman–Crippen LogP) is 4.03. The zero-order valence-corrected chi connectivity index (χ0v) is 13.9. The first-order valence-corrected chi connectivity index (χ1v) is 7.88. The molecule has 0 N–H and O–H groups in total. The van der Waals surface area contributed by atoms with Gasteiger partial charge in [-0.2, -0.15) is 0 Å². The van der Waals surface area contributed by atoms with Gasteiger partial charge in [-0.1, -0.05) is 24.3 Å². The van der Waals surface area contributed by atoms with Crippen LogP contribution in [-0.4, -0.2) is 35.0 Å². The van der Waals surface area contributed by atoms with Crippen molar-refractivity contribution < 1.29 is 14.3 Å². The molecule has 1 unspecified atom stereocenters. The van der Waals surface area contributed by atoms with Crippen LogP contribution in [0.2, 0.25) is 0 Å². The number of hydrogen-bond donors (Lipinski definition) is 0. The topological polar surface area (TPSA) is 46.6 Å². The quantitative estimate of drug-likeness (QED) is 0.799. The number of benzene rings is 1. The van der Waals surface area contributed by atoms with E-state index in [1.165, 1.54) is 18.1 Å². The molecular weight excluding hydrogens is 278 g/mol. The standard InChI is InChI=1S/C12H21NO3.C6H4/c1-9(14)10-7-5-6-8-13(10)11(15)16-12(2,3)4;1-2-6-4-3-5(1)6/h10H,5-8H2,1-4H3;1-4H. The molecule has 4 heteroatoms. The molecule has 22 heavy (non-hydrogen) atoms. The van der Waals surface area contributed by atoms with Crippen LogP contribution < -0.4 is 0 Å². The molecule has 1 aliphatic heterocycles. The second-order valence-electron chi connectivity index (χ2n) is 6.87. The van der Waals surface area contributed by atoms with Crippen LogP contribution in [0, 0.1) is 0 Å². The van der Waals surface area contributed by atoms with E-state index in [0.29, 0.717) is 6.54 Å². The minimum absolute atomic E-state index is 0.0468. The number of hydrogen-bond acceptors (Lipinski definition) is 3. The molecule has 0 bridgehead atoms. The number of rotatable bonds is 1. The summed E-state index contributed by atoms with van der Waals surface area (Å²) in [5, 5.41) is 0. The van der Waals surface area contributed by atoms with Crippen LogP contribution in [0.15, 0.2) is 24.3 Å². The maximum atomic E-state index is 11.9. The zero-order chi connectivity index (χ0) is 16.3. The van der Waals surface area contributed by atoms with Crippen molar-refractivity contribution in [2.75, 3.05) is 6.54 Å². The first-order valence-electron chi connectivity index (χ1n) is 7.88. The molecule has 1 heterocycles. The van der Waals surface area contributed by atoms with Gasteiger partial charge >= 0.3 is 6.09 Å². The number of ether oxygens (including phenoxy) is 1. The Morgan fingerprint density at radius 3 is 2.00 bits per heavy atom. The molecule has 0 aromatic carbocycles. The van der Waals surface area contributed by atoms with Crippen LogP contribution in [0.1, 0.15) is 47.0 Å². The van der Waals surface area contributed by atoms with Gasteiger partial charge in [-0.3, -0.25) is 9.69 Å². The van der Waals surface area contributed by atoms with Crippen molar-refractivity contribution in [3.63, 3.8) is 0 Å². The Morgan fingerprint density at radius 1 is 1.09 bits per heavy atom. The van der Waals surface area contributed by atoms with Crippen LogP contribution in [0.4, 0.5) is 4.79 Å². The third-order valence-electron chi connectivity index (χ3n) is 3.82. The average molecular weight is 303 g/mol. The minimum Gasteiger partial charge on any atom is -0.444 e. The van der Waals surface area contributed by atoms with Crippen molar-refractivity contribution in [3.05, 3.63) is 24.3 Å². The number of fused-ring (bicyclic) bond motifs is 1. The maximum Gasteiger partial charge on any atom is 0.410 e. The number of carbonyl (C=O) groups excluding carboxylic acids is 2. The lowest BCUT2D eigenvalue weighted by molar-refractivity contribution is -0.123. The van der Waals surface area contributed by atoms with Gasteiger partial charge in [-0.15, -0.1) is 0 Å². The summed E-state index contributed by atoms with van der Waals surface area (Å²) in [4.78, 5) is 24.9. The fourth-order valence-corrected chi connectivity index (χ4v) is 2.56. The Hall–Kier alpha value is -1.84. The van der Waals surface area contributed by atoms with Crippen LogP contribution in [-0.2, 0) is 9.53 Å². The fraction of sp³-hybridized carbons (Fsp3) is 0.556. The molecule has 3 rings (SSSR count). The predicted molar refractivity (Wildman–Crippen MR) is 86.7 cm³/mol. The summed E-state index contributed by atoms with van der Waals surface area (Å²) < 4.78 is 5.29. The molecular formula is C18H25NO3. The largest absolute Gasteiger partial charge is 0.444 e. The van der Waals surface area contributed by atoms with Crippen LogP contribution >= 0.6 is 0 Å². The van der Waals surface area contributed by atoms with Crippen LogP contribution in [0.25, 0.3) is 11.1 Å². The van der Waals surface area contributed by atoms with Crippen molar-refractivity contribution in [2.45, 2.75) is 58.6 Å². The molecule has 0 radical (unpaired) electrons. The van der Waals surface area contributed by atoms with E-state index < -0.39 is 5.60 Å². The first kappa shape index (κ1) is 16.5. The van der Waals surface area contributed by atoms with Gasteiger partial charge in [-0.25, -0.2) is 4.79 Å². The molecule has 3 aliphatic rings. The molecule has 120 valence electrons. The molecule has 1 fully saturated rings. The van der Waals surface area contributed by atoms with Gasteiger partial charge in [-0.05, 0) is 58.1 Å². The summed E-state index contributed by atoms with van der Waals surface area (Å²) in [5.74, 6) is 0.0468. The number of amides is 1. The highest BCUT2D eigenvalue weighted by molar-refractivity contribution is 5.85. The van der Waals surface area contributed by atoms with Gasteiger partial charge in [0.25, 0.3) is 0 Å². The first-order chi connectivity index (χ1) is 10.3. The molecule has 1 atom stereocenters. The summed E-state index contributed by atoms with van der Waals surface area (Å²) in [7, 11) is 0. The molecule has 1 saturated heterocycles. The lowest BCUT2D eigenvalue weighted by Crippen LogP contribution is -2.49. The third kappa shape index (κ3) is 4.09.